The van der Waals surface area contributed by atoms with Gasteiger partial charge in [-0.3, -0.25) is 10.1 Å². The predicted molar refractivity (Wildman–Crippen MR) is 76.7 cm³/mol. The van der Waals surface area contributed by atoms with Gasteiger partial charge in [0, 0.05) is 18.7 Å². The fourth-order valence-corrected chi connectivity index (χ4v) is 2.05. The zero-order valence-electron chi connectivity index (χ0n) is 12.7. The number of carbonyl (C=O) groups excluding carboxylic acids is 1. The fourth-order valence-electron chi connectivity index (χ4n) is 2.05. The summed E-state index contributed by atoms with van der Waals surface area (Å²) in [6, 6.07) is 5.56. The van der Waals surface area contributed by atoms with Gasteiger partial charge in [0.2, 0.25) is 0 Å². The number of hydrogen-bond acceptors (Lipinski definition) is 5. The Hall–Kier alpha value is -1.59. The quantitative estimate of drug-likeness (QED) is 0.775. The molecule has 0 radical (unpaired) electrons. The molecule has 20 heavy (non-hydrogen) atoms. The molecule has 1 N–H and O–H groups in total. The summed E-state index contributed by atoms with van der Waals surface area (Å²) >= 11 is 0. The zero-order chi connectivity index (χ0) is 15.1. The van der Waals surface area contributed by atoms with E-state index in [0.29, 0.717) is 6.61 Å². The van der Waals surface area contributed by atoms with Gasteiger partial charge in [-0.25, -0.2) is 0 Å². The molecule has 0 spiro atoms. The summed E-state index contributed by atoms with van der Waals surface area (Å²) in [6.45, 7) is 4.26. The van der Waals surface area contributed by atoms with Crippen LogP contribution in [0.15, 0.2) is 18.2 Å². The second-order valence-electron chi connectivity index (χ2n) is 4.64. The van der Waals surface area contributed by atoms with Crippen molar-refractivity contribution >= 4 is 5.97 Å². The zero-order valence-corrected chi connectivity index (χ0v) is 12.7. The highest BCUT2D eigenvalue weighted by Crippen LogP contribution is 2.24. The van der Waals surface area contributed by atoms with E-state index in [1.807, 2.05) is 25.1 Å². The van der Waals surface area contributed by atoms with Crippen molar-refractivity contribution in [3.05, 3.63) is 29.3 Å². The second kappa shape index (κ2) is 7.87. The van der Waals surface area contributed by atoms with Gasteiger partial charge in [0.15, 0.2) is 0 Å². The molecule has 1 rings (SSSR count). The Morgan fingerprint density at radius 3 is 2.50 bits per heavy atom. The van der Waals surface area contributed by atoms with Crippen LogP contribution in [0.3, 0.4) is 0 Å². The number of ether oxygens (including phenoxy) is 3. The Bertz CT molecular complexity index is 447. The Morgan fingerprint density at radius 2 is 1.95 bits per heavy atom. The molecule has 0 aliphatic rings. The number of rotatable bonds is 7. The lowest BCUT2D eigenvalue weighted by molar-refractivity contribution is -0.142. The van der Waals surface area contributed by atoms with Gasteiger partial charge in [-0.1, -0.05) is 6.07 Å². The first-order valence-electron chi connectivity index (χ1n) is 6.53. The second-order valence-corrected chi connectivity index (χ2v) is 4.64. The molecule has 0 heterocycles. The number of carbonyl (C=O) groups is 1. The maximum Gasteiger partial charge on any atom is 0.322 e. The minimum Gasteiger partial charge on any atom is -0.496 e. The number of esters is 1. The van der Waals surface area contributed by atoms with Gasteiger partial charge in [0.25, 0.3) is 0 Å². The Kier molecular flexibility index (Phi) is 6.48. The number of nitrogens with one attached hydrogen (secondary N) is 1. The molecule has 2 atom stereocenters. The van der Waals surface area contributed by atoms with Gasteiger partial charge in [0.05, 0.1) is 20.8 Å². The summed E-state index contributed by atoms with van der Waals surface area (Å²) < 4.78 is 15.2. The monoisotopic (exact) mass is 281 g/mol. The van der Waals surface area contributed by atoms with Crippen molar-refractivity contribution in [3.8, 4) is 5.75 Å². The van der Waals surface area contributed by atoms with Crippen LogP contribution in [-0.2, 0) is 20.9 Å². The lowest BCUT2D eigenvalue weighted by Crippen LogP contribution is -2.36. The lowest BCUT2D eigenvalue weighted by atomic mass is 10.0. The van der Waals surface area contributed by atoms with E-state index in [-0.39, 0.29) is 18.1 Å². The number of methoxy groups -OCH3 is 3. The molecule has 2 unspecified atom stereocenters. The SMILES string of the molecule is COCc1cc(C(C)NC(C)C(=O)OC)ccc1OC. The van der Waals surface area contributed by atoms with Crippen LogP contribution in [-0.4, -0.2) is 33.3 Å². The van der Waals surface area contributed by atoms with E-state index in [1.165, 1.54) is 7.11 Å². The highest BCUT2D eigenvalue weighted by atomic mass is 16.5. The molecule has 0 aliphatic carbocycles. The van der Waals surface area contributed by atoms with Crippen molar-refractivity contribution in [1.82, 2.24) is 5.32 Å². The van der Waals surface area contributed by atoms with Crippen molar-refractivity contribution in [2.24, 2.45) is 0 Å². The first-order valence-corrected chi connectivity index (χ1v) is 6.53. The van der Waals surface area contributed by atoms with E-state index in [2.05, 4.69) is 5.32 Å². The molecule has 0 amide bonds. The molecule has 1 aromatic rings. The summed E-state index contributed by atoms with van der Waals surface area (Å²) in [5.41, 5.74) is 2.04. The van der Waals surface area contributed by atoms with Crippen LogP contribution in [0.25, 0.3) is 0 Å². The molecule has 5 heteroatoms. The third-order valence-corrected chi connectivity index (χ3v) is 3.16. The standard InChI is InChI=1S/C15H23NO4/c1-10(16-11(2)15(17)20-5)12-6-7-14(19-4)13(8-12)9-18-3/h6-8,10-11,16H,9H2,1-5H3. The smallest absolute Gasteiger partial charge is 0.322 e. The largest absolute Gasteiger partial charge is 0.496 e. The summed E-state index contributed by atoms with van der Waals surface area (Å²) in [7, 11) is 4.66. The maximum absolute atomic E-state index is 11.4. The highest BCUT2D eigenvalue weighted by molar-refractivity contribution is 5.75. The molecule has 1 aromatic carbocycles. The topological polar surface area (TPSA) is 56.8 Å². The first kappa shape index (κ1) is 16.5. The minimum absolute atomic E-state index is 0.0191. The van der Waals surface area contributed by atoms with Crippen LogP contribution < -0.4 is 10.1 Å². The van der Waals surface area contributed by atoms with E-state index < -0.39 is 0 Å². The molecular weight excluding hydrogens is 258 g/mol. The van der Waals surface area contributed by atoms with Crippen molar-refractivity contribution in [3.63, 3.8) is 0 Å². The van der Waals surface area contributed by atoms with Crippen molar-refractivity contribution in [2.75, 3.05) is 21.3 Å². The average Bonchev–Trinajstić information content (AvgIpc) is 2.46. The van der Waals surface area contributed by atoms with E-state index in [1.54, 1.807) is 21.1 Å². The van der Waals surface area contributed by atoms with Gasteiger partial charge in [-0.2, -0.15) is 0 Å². The van der Waals surface area contributed by atoms with Crippen LogP contribution in [0.2, 0.25) is 0 Å². The van der Waals surface area contributed by atoms with Gasteiger partial charge < -0.3 is 14.2 Å². The minimum atomic E-state index is -0.358. The first-order chi connectivity index (χ1) is 9.53. The number of benzene rings is 1. The summed E-state index contributed by atoms with van der Waals surface area (Å²) in [4.78, 5) is 11.4. The maximum atomic E-state index is 11.4. The third kappa shape index (κ3) is 4.21. The van der Waals surface area contributed by atoms with E-state index in [9.17, 15) is 4.79 Å². The van der Waals surface area contributed by atoms with Crippen LogP contribution in [0, 0.1) is 0 Å². The average molecular weight is 281 g/mol. The van der Waals surface area contributed by atoms with Crippen LogP contribution >= 0.6 is 0 Å². The normalized spacial score (nSPS) is 13.7. The van der Waals surface area contributed by atoms with Gasteiger partial charge in [-0.15, -0.1) is 0 Å². The molecule has 112 valence electrons. The van der Waals surface area contributed by atoms with Gasteiger partial charge >= 0.3 is 5.97 Å². The van der Waals surface area contributed by atoms with Crippen LogP contribution in [0.4, 0.5) is 0 Å². The summed E-state index contributed by atoms with van der Waals surface area (Å²) in [6.07, 6.45) is 0. The summed E-state index contributed by atoms with van der Waals surface area (Å²) in [5.74, 6) is 0.520. The van der Waals surface area contributed by atoms with E-state index >= 15 is 0 Å². The Labute approximate surface area is 120 Å². The predicted octanol–water partition coefficient (Wildman–Crippen LogP) is 2.05. The fraction of sp³-hybridized carbons (Fsp3) is 0.533. The van der Waals surface area contributed by atoms with Crippen LogP contribution in [0.1, 0.15) is 31.0 Å². The van der Waals surface area contributed by atoms with Crippen molar-refractivity contribution in [2.45, 2.75) is 32.5 Å². The van der Waals surface area contributed by atoms with E-state index in [4.69, 9.17) is 14.2 Å². The number of hydrogen-bond donors (Lipinski definition) is 1. The molecule has 0 saturated heterocycles. The van der Waals surface area contributed by atoms with Gasteiger partial charge in [0.1, 0.15) is 11.8 Å². The van der Waals surface area contributed by atoms with E-state index in [0.717, 1.165) is 16.9 Å². The molecule has 0 aromatic heterocycles. The lowest BCUT2D eigenvalue weighted by Gasteiger charge is -2.20. The third-order valence-electron chi connectivity index (χ3n) is 3.16. The molecular formula is C15H23NO4. The van der Waals surface area contributed by atoms with Crippen LogP contribution in [0.5, 0.6) is 5.75 Å². The van der Waals surface area contributed by atoms with Crippen molar-refractivity contribution in [1.29, 1.82) is 0 Å². The van der Waals surface area contributed by atoms with Crippen molar-refractivity contribution < 1.29 is 19.0 Å². The molecule has 5 nitrogen and oxygen atoms in total. The molecule has 0 bridgehead atoms. The molecule has 0 aliphatic heterocycles. The van der Waals surface area contributed by atoms with Gasteiger partial charge in [-0.05, 0) is 31.5 Å². The highest BCUT2D eigenvalue weighted by Gasteiger charge is 2.17. The molecule has 0 saturated carbocycles. The Balaban J connectivity index is 2.85. The summed E-state index contributed by atoms with van der Waals surface area (Å²) in [5, 5.41) is 3.20. The Morgan fingerprint density at radius 1 is 1.25 bits per heavy atom. The molecule has 0 fully saturated rings.